The summed E-state index contributed by atoms with van der Waals surface area (Å²) in [5.74, 6) is 0. The summed E-state index contributed by atoms with van der Waals surface area (Å²) in [5.41, 5.74) is 0. The average molecular weight is 600 g/mol. The summed E-state index contributed by atoms with van der Waals surface area (Å²) in [4.78, 5) is 45.3. The van der Waals surface area contributed by atoms with Crippen molar-refractivity contribution in [3.8, 4) is 0 Å². The fourth-order valence-electron chi connectivity index (χ4n) is 1.55. The third kappa shape index (κ3) is 116. The van der Waals surface area contributed by atoms with Gasteiger partial charge in [-0.15, -0.1) is 0 Å². The molecule has 185 valence electrons. The zero-order chi connectivity index (χ0) is 24.3. The molecule has 0 aromatic heterocycles. The summed E-state index contributed by atoms with van der Waals surface area (Å²) in [6, 6.07) is 12.5. The van der Waals surface area contributed by atoms with Crippen LogP contribution in [0.4, 0.5) is 0 Å². The van der Waals surface area contributed by atoms with Crippen LogP contribution in [0.1, 0.15) is 78.1 Å². The first kappa shape index (κ1) is 42.2. The largest absolute Gasteiger partial charge is 3.00 e. The van der Waals surface area contributed by atoms with Gasteiger partial charge in [-0.05, 0) is 23.6 Å². The van der Waals surface area contributed by atoms with E-state index in [0.717, 1.165) is 12.8 Å². The minimum absolute atomic E-state index is 0. The Hall–Kier alpha value is 0.968. The van der Waals surface area contributed by atoms with Gasteiger partial charge in [-0.25, -0.2) is 0 Å². The molecule has 0 spiro atoms. The smallest absolute Gasteiger partial charge is 0.343 e. The molecule has 0 heterocycles. The SMILES string of the molecule is OP(O)(O)=S.OP(O)(O)=S.[CH2-]CCCCCC.[CH2-]CCCCCC.[Mo+3].[c-]1ccccc1. The fraction of sp³-hybridized carbons (Fsp3) is 0.600. The number of hydrogen-bond donors (Lipinski definition) is 6. The maximum Gasteiger partial charge on any atom is 3.00 e. The first-order chi connectivity index (χ1) is 13.8. The molecule has 6 N–H and O–H groups in total. The van der Waals surface area contributed by atoms with E-state index in [4.69, 9.17) is 29.4 Å². The van der Waals surface area contributed by atoms with Crippen molar-refractivity contribution in [2.75, 3.05) is 0 Å². The molecule has 11 heteroatoms. The second-order valence-electron chi connectivity index (χ2n) is 5.93. The molecule has 0 bridgehead atoms. The molecule has 0 atom stereocenters. The van der Waals surface area contributed by atoms with Gasteiger partial charge in [0.15, 0.2) is 0 Å². The second-order valence-corrected chi connectivity index (χ2v) is 10.9. The molecule has 1 aromatic rings. The standard InChI is InChI=1S/2C7H15.C6H5.Mo.2H3O3PS/c2*1-3-5-7-6-4-2;1-2-4-6-5-3-1;;2*1-4(2,3)5/h2*1,3-7H2,2H3;1-5H;;2*(H3,1,2,3,5)/q3*-1;+3;;. The first-order valence-electron chi connectivity index (χ1n) is 9.89. The molecule has 1 aromatic carbocycles. The molecular weight excluding hydrogens is 558 g/mol. The van der Waals surface area contributed by atoms with Crippen LogP contribution in [0.15, 0.2) is 30.3 Å². The third-order valence-electron chi connectivity index (χ3n) is 2.81. The van der Waals surface area contributed by atoms with Gasteiger partial charge in [0.1, 0.15) is 0 Å². The summed E-state index contributed by atoms with van der Waals surface area (Å²) in [7, 11) is 0. The molecule has 1 radical (unpaired) electrons. The minimum Gasteiger partial charge on any atom is -0.343 e. The molecule has 0 aliphatic rings. The van der Waals surface area contributed by atoms with Crippen molar-refractivity contribution in [2.24, 2.45) is 0 Å². The van der Waals surface area contributed by atoms with Crippen LogP contribution >= 0.6 is 13.4 Å². The summed E-state index contributed by atoms with van der Waals surface area (Å²) in [6.07, 6.45) is 13.0. The molecule has 1 rings (SSSR count). The Morgan fingerprint density at radius 3 is 1.06 bits per heavy atom. The summed E-state index contributed by atoms with van der Waals surface area (Å²) >= 11 is 7.21. The van der Waals surface area contributed by atoms with Crippen LogP contribution in [-0.2, 0) is 44.7 Å². The summed E-state index contributed by atoms with van der Waals surface area (Å²) in [5, 5.41) is 0. The van der Waals surface area contributed by atoms with Gasteiger partial charge < -0.3 is 43.2 Å². The van der Waals surface area contributed by atoms with Crippen molar-refractivity contribution in [2.45, 2.75) is 78.1 Å². The number of unbranched alkanes of at least 4 members (excludes halogenated alkanes) is 8. The van der Waals surface area contributed by atoms with Gasteiger partial charge >= 0.3 is 34.5 Å². The maximum atomic E-state index is 7.56. The Morgan fingerprint density at radius 2 is 0.935 bits per heavy atom. The second kappa shape index (κ2) is 33.1. The van der Waals surface area contributed by atoms with Crippen LogP contribution in [0.25, 0.3) is 0 Å². The Labute approximate surface area is 214 Å². The van der Waals surface area contributed by atoms with E-state index in [0.29, 0.717) is 0 Å². The fourth-order valence-corrected chi connectivity index (χ4v) is 1.55. The van der Waals surface area contributed by atoms with Crippen molar-refractivity contribution in [1.29, 1.82) is 0 Å². The van der Waals surface area contributed by atoms with E-state index < -0.39 is 13.4 Å². The summed E-state index contributed by atoms with van der Waals surface area (Å²) in [6.45, 7) is 4.35. The van der Waals surface area contributed by atoms with Gasteiger partial charge in [-0.2, -0.15) is 49.2 Å². The van der Waals surface area contributed by atoms with E-state index in [-0.39, 0.29) is 21.1 Å². The predicted octanol–water partition coefficient (Wildman–Crippen LogP) is 5.44. The quantitative estimate of drug-likeness (QED) is 0.101. The van der Waals surface area contributed by atoms with E-state index in [2.05, 4.69) is 57.4 Å². The Kier molecular flexibility index (Phi) is 45.1. The molecule has 0 unspecified atom stereocenters. The van der Waals surface area contributed by atoms with E-state index in [9.17, 15) is 0 Å². The van der Waals surface area contributed by atoms with Gasteiger partial charge in [0, 0.05) is 0 Å². The maximum absolute atomic E-state index is 7.56. The number of hydrogen-bond acceptors (Lipinski definition) is 2. The minimum atomic E-state index is -3.81. The van der Waals surface area contributed by atoms with Crippen LogP contribution in [0.5, 0.6) is 0 Å². The predicted molar refractivity (Wildman–Crippen MR) is 135 cm³/mol. The van der Waals surface area contributed by atoms with Crippen molar-refractivity contribution in [3.05, 3.63) is 50.2 Å². The monoisotopic (exact) mass is 601 g/mol. The molecule has 0 fully saturated rings. The molecule has 0 aliphatic heterocycles. The Balaban J connectivity index is -0.0000000908. The van der Waals surface area contributed by atoms with Gasteiger partial charge in [0.05, 0.1) is 0 Å². The van der Waals surface area contributed by atoms with Crippen molar-refractivity contribution in [3.63, 3.8) is 0 Å². The first-order valence-corrected chi connectivity index (χ1v) is 15.2. The normalized spacial score (nSPS) is 9.61. The topological polar surface area (TPSA) is 121 Å². The van der Waals surface area contributed by atoms with Gasteiger partial charge in [-0.3, -0.25) is 0 Å². The van der Waals surface area contributed by atoms with E-state index in [1.54, 1.807) is 0 Å². The zero-order valence-electron chi connectivity index (χ0n) is 18.7. The van der Waals surface area contributed by atoms with Crippen LogP contribution in [-0.4, -0.2) is 29.4 Å². The molecule has 0 amide bonds. The van der Waals surface area contributed by atoms with Crippen molar-refractivity contribution in [1.82, 2.24) is 0 Å². The molecule has 31 heavy (non-hydrogen) atoms. The average Bonchev–Trinajstić information content (AvgIpc) is 2.62. The van der Waals surface area contributed by atoms with Gasteiger partial charge in [0.2, 0.25) is 0 Å². The van der Waals surface area contributed by atoms with E-state index in [1.165, 1.54) is 51.4 Å². The van der Waals surface area contributed by atoms with Crippen LogP contribution in [0.2, 0.25) is 0 Å². The molecular formula is C20H41MoO6P2S2. The van der Waals surface area contributed by atoms with E-state index >= 15 is 0 Å². The number of benzene rings is 1. The Bertz CT molecular complexity index is 420. The Morgan fingerprint density at radius 1 is 0.645 bits per heavy atom. The molecule has 6 nitrogen and oxygen atoms in total. The van der Waals surface area contributed by atoms with Crippen LogP contribution in [0, 0.1) is 19.9 Å². The van der Waals surface area contributed by atoms with Crippen molar-refractivity contribution < 1.29 is 50.4 Å². The number of rotatable bonds is 8. The molecule has 0 saturated carbocycles. The van der Waals surface area contributed by atoms with Crippen molar-refractivity contribution >= 4 is 37.1 Å². The molecule has 0 saturated heterocycles. The van der Waals surface area contributed by atoms with Crippen LogP contribution in [0.3, 0.4) is 0 Å². The zero-order valence-corrected chi connectivity index (χ0v) is 24.1. The van der Waals surface area contributed by atoms with Gasteiger partial charge in [-0.1, -0.05) is 65.2 Å². The van der Waals surface area contributed by atoms with E-state index in [1.807, 2.05) is 30.3 Å². The summed E-state index contributed by atoms with van der Waals surface area (Å²) < 4.78 is 0. The molecule has 0 aliphatic carbocycles. The van der Waals surface area contributed by atoms with Gasteiger partial charge in [0.25, 0.3) is 0 Å². The third-order valence-corrected chi connectivity index (χ3v) is 2.81. The van der Waals surface area contributed by atoms with Crippen LogP contribution < -0.4 is 0 Å².